The minimum Gasteiger partial charge on any atom is -0.497 e. The van der Waals surface area contributed by atoms with Crippen LogP contribution >= 0.6 is 0 Å². The Morgan fingerprint density at radius 3 is 2.90 bits per heavy atom. The SMILES string of the molecule is COc1ccc(-c2[nH]ncc2C(=O)NC[C@H]2CCCN3CCCC[C@H]23)c(OC)c1. The van der Waals surface area contributed by atoms with Crippen LogP contribution in [0.25, 0.3) is 11.3 Å². The number of aromatic amines is 1. The summed E-state index contributed by atoms with van der Waals surface area (Å²) in [5.41, 5.74) is 1.97. The summed E-state index contributed by atoms with van der Waals surface area (Å²) in [5, 5.41) is 10.2. The molecule has 0 aliphatic carbocycles. The van der Waals surface area contributed by atoms with Crippen molar-refractivity contribution >= 4 is 5.91 Å². The molecule has 2 fully saturated rings. The van der Waals surface area contributed by atoms with E-state index in [2.05, 4.69) is 20.4 Å². The van der Waals surface area contributed by atoms with Crippen LogP contribution in [0.2, 0.25) is 0 Å². The first-order valence-electron chi connectivity index (χ1n) is 10.5. The van der Waals surface area contributed by atoms with Crippen LogP contribution in [0, 0.1) is 5.92 Å². The highest BCUT2D eigenvalue weighted by Gasteiger charge is 2.33. The molecule has 2 aromatic rings. The molecule has 0 radical (unpaired) electrons. The largest absolute Gasteiger partial charge is 0.497 e. The molecule has 7 heteroatoms. The average molecular weight is 399 g/mol. The van der Waals surface area contributed by atoms with E-state index >= 15 is 0 Å². The molecule has 29 heavy (non-hydrogen) atoms. The van der Waals surface area contributed by atoms with Crippen molar-refractivity contribution in [2.75, 3.05) is 33.9 Å². The van der Waals surface area contributed by atoms with Crippen LogP contribution in [-0.2, 0) is 0 Å². The van der Waals surface area contributed by atoms with Gasteiger partial charge in [-0.15, -0.1) is 0 Å². The van der Waals surface area contributed by atoms with E-state index in [9.17, 15) is 4.79 Å². The molecule has 1 aromatic heterocycles. The molecule has 2 aliphatic heterocycles. The van der Waals surface area contributed by atoms with Crippen molar-refractivity contribution in [2.45, 2.75) is 38.1 Å². The number of benzene rings is 1. The number of nitrogens with one attached hydrogen (secondary N) is 2. The van der Waals surface area contributed by atoms with Gasteiger partial charge in [-0.2, -0.15) is 5.10 Å². The van der Waals surface area contributed by atoms with E-state index < -0.39 is 0 Å². The van der Waals surface area contributed by atoms with Gasteiger partial charge in [0.25, 0.3) is 5.91 Å². The first-order chi connectivity index (χ1) is 14.2. The molecule has 7 nitrogen and oxygen atoms in total. The minimum absolute atomic E-state index is 0.0976. The lowest BCUT2D eigenvalue weighted by molar-refractivity contribution is 0.0576. The van der Waals surface area contributed by atoms with Crippen molar-refractivity contribution in [1.82, 2.24) is 20.4 Å². The Morgan fingerprint density at radius 2 is 2.07 bits per heavy atom. The maximum atomic E-state index is 13.0. The van der Waals surface area contributed by atoms with Crippen LogP contribution in [0.4, 0.5) is 0 Å². The molecule has 1 amide bonds. The second-order valence-corrected chi connectivity index (χ2v) is 7.94. The molecule has 0 unspecified atom stereocenters. The number of fused-ring (bicyclic) bond motifs is 1. The van der Waals surface area contributed by atoms with Crippen molar-refractivity contribution < 1.29 is 14.3 Å². The fourth-order valence-electron chi connectivity index (χ4n) is 4.80. The third-order valence-corrected chi connectivity index (χ3v) is 6.32. The highest BCUT2D eigenvalue weighted by Crippen LogP contribution is 2.34. The van der Waals surface area contributed by atoms with Gasteiger partial charge in [0.15, 0.2) is 0 Å². The summed E-state index contributed by atoms with van der Waals surface area (Å²) in [5.74, 6) is 1.76. The number of methoxy groups -OCH3 is 2. The number of aromatic nitrogens is 2. The van der Waals surface area contributed by atoms with E-state index in [1.165, 1.54) is 45.2 Å². The molecule has 0 spiro atoms. The molecule has 2 saturated heterocycles. The van der Waals surface area contributed by atoms with E-state index in [0.29, 0.717) is 41.3 Å². The highest BCUT2D eigenvalue weighted by molar-refractivity contribution is 6.00. The van der Waals surface area contributed by atoms with Gasteiger partial charge >= 0.3 is 0 Å². The summed E-state index contributed by atoms with van der Waals surface area (Å²) in [6.07, 6.45) is 7.85. The summed E-state index contributed by atoms with van der Waals surface area (Å²) in [6, 6.07) is 6.14. The Morgan fingerprint density at radius 1 is 1.21 bits per heavy atom. The zero-order valence-electron chi connectivity index (χ0n) is 17.2. The van der Waals surface area contributed by atoms with Crippen molar-refractivity contribution in [2.24, 2.45) is 5.92 Å². The second kappa shape index (κ2) is 8.86. The maximum absolute atomic E-state index is 13.0. The Labute approximate surface area is 171 Å². The summed E-state index contributed by atoms with van der Waals surface area (Å²) < 4.78 is 10.8. The monoisotopic (exact) mass is 398 g/mol. The van der Waals surface area contributed by atoms with Crippen LogP contribution in [0.3, 0.4) is 0 Å². The van der Waals surface area contributed by atoms with Crippen LogP contribution in [0.5, 0.6) is 11.5 Å². The normalized spacial score (nSPS) is 22.0. The van der Waals surface area contributed by atoms with Gasteiger partial charge in [-0.25, -0.2) is 0 Å². The van der Waals surface area contributed by atoms with Crippen LogP contribution in [0.1, 0.15) is 42.5 Å². The molecular weight excluding hydrogens is 368 g/mol. The van der Waals surface area contributed by atoms with Crippen LogP contribution < -0.4 is 14.8 Å². The Bertz CT molecular complexity index is 848. The number of ether oxygens (including phenoxy) is 2. The predicted molar refractivity (Wildman–Crippen MR) is 111 cm³/mol. The number of carbonyl (C=O) groups is 1. The number of H-pyrrole nitrogens is 1. The summed E-state index contributed by atoms with van der Waals surface area (Å²) in [4.78, 5) is 15.6. The molecule has 0 saturated carbocycles. The van der Waals surface area contributed by atoms with Crippen LogP contribution in [-0.4, -0.2) is 60.9 Å². The molecule has 1 aromatic carbocycles. The van der Waals surface area contributed by atoms with Crippen molar-refractivity contribution in [3.8, 4) is 22.8 Å². The molecule has 4 rings (SSSR count). The number of rotatable bonds is 6. The molecule has 2 atom stereocenters. The van der Waals surface area contributed by atoms with Crippen LogP contribution in [0.15, 0.2) is 24.4 Å². The average Bonchev–Trinajstić information content (AvgIpc) is 3.26. The number of piperidine rings is 2. The predicted octanol–water partition coefficient (Wildman–Crippen LogP) is 3.09. The zero-order chi connectivity index (χ0) is 20.2. The summed E-state index contributed by atoms with van der Waals surface area (Å²) in [6.45, 7) is 3.13. The molecule has 0 bridgehead atoms. The Kier molecular flexibility index (Phi) is 6.04. The Hall–Kier alpha value is -2.54. The minimum atomic E-state index is -0.0976. The molecule has 2 aliphatic rings. The lowest BCUT2D eigenvalue weighted by Crippen LogP contribution is -2.51. The number of hydrogen-bond acceptors (Lipinski definition) is 5. The smallest absolute Gasteiger partial charge is 0.255 e. The second-order valence-electron chi connectivity index (χ2n) is 7.94. The van der Waals surface area contributed by atoms with E-state index in [1.54, 1.807) is 26.5 Å². The molecule has 3 heterocycles. The fraction of sp³-hybridized carbons (Fsp3) is 0.545. The molecule has 156 valence electrons. The summed E-state index contributed by atoms with van der Waals surface area (Å²) in [7, 11) is 3.22. The topological polar surface area (TPSA) is 79.5 Å². The van der Waals surface area contributed by atoms with Gasteiger partial charge in [0, 0.05) is 24.2 Å². The van der Waals surface area contributed by atoms with E-state index in [0.717, 1.165) is 5.56 Å². The number of nitrogens with zero attached hydrogens (tertiary/aromatic N) is 2. The fourth-order valence-corrected chi connectivity index (χ4v) is 4.80. The van der Waals surface area contributed by atoms with Gasteiger partial charge < -0.3 is 19.7 Å². The lowest BCUT2D eigenvalue weighted by atomic mass is 9.83. The van der Waals surface area contributed by atoms with Gasteiger partial charge in [0.1, 0.15) is 11.5 Å². The van der Waals surface area contributed by atoms with Gasteiger partial charge in [0.2, 0.25) is 0 Å². The van der Waals surface area contributed by atoms with E-state index in [-0.39, 0.29) is 5.91 Å². The first-order valence-corrected chi connectivity index (χ1v) is 10.5. The van der Waals surface area contributed by atoms with Gasteiger partial charge in [-0.1, -0.05) is 6.42 Å². The van der Waals surface area contributed by atoms with Crippen molar-refractivity contribution in [3.05, 3.63) is 30.0 Å². The van der Waals surface area contributed by atoms with Crippen molar-refractivity contribution in [1.29, 1.82) is 0 Å². The number of carbonyl (C=O) groups excluding carboxylic acids is 1. The lowest BCUT2D eigenvalue weighted by Gasteiger charge is -2.44. The standard InChI is InChI=1S/C22H30N4O3/c1-28-16-8-9-17(20(12-16)29-2)21-18(14-24-25-21)22(27)23-13-15-6-5-11-26-10-4-3-7-19(15)26/h8-9,12,14-15,19H,3-7,10-11,13H2,1-2H3,(H,23,27)(H,24,25)/t15-,19-/m1/s1. The van der Waals surface area contributed by atoms with E-state index in [4.69, 9.17) is 9.47 Å². The van der Waals surface area contributed by atoms with Crippen molar-refractivity contribution in [3.63, 3.8) is 0 Å². The zero-order valence-corrected chi connectivity index (χ0v) is 17.2. The number of amides is 1. The maximum Gasteiger partial charge on any atom is 0.255 e. The third-order valence-electron chi connectivity index (χ3n) is 6.32. The van der Waals surface area contributed by atoms with Gasteiger partial charge in [-0.05, 0) is 56.8 Å². The number of hydrogen-bond donors (Lipinski definition) is 2. The molecule has 2 N–H and O–H groups in total. The van der Waals surface area contributed by atoms with E-state index in [1.807, 2.05) is 12.1 Å². The Balaban J connectivity index is 1.48. The van der Waals surface area contributed by atoms with Gasteiger partial charge in [0.05, 0.1) is 31.7 Å². The quantitative estimate of drug-likeness (QED) is 0.782. The first kappa shape index (κ1) is 19.8. The van der Waals surface area contributed by atoms with Gasteiger partial charge in [-0.3, -0.25) is 9.89 Å². The third kappa shape index (κ3) is 4.10. The highest BCUT2D eigenvalue weighted by atomic mass is 16.5. The summed E-state index contributed by atoms with van der Waals surface area (Å²) >= 11 is 0. The molecular formula is C22H30N4O3.